The minimum Gasteiger partial charge on any atom is -0.366 e. The summed E-state index contributed by atoms with van der Waals surface area (Å²) in [7, 11) is 0. The van der Waals surface area contributed by atoms with Gasteiger partial charge in [-0.2, -0.15) is 0 Å². The smallest absolute Gasteiger partial charge is 0.310 e. The molecule has 0 unspecified atom stereocenters. The molecule has 3 heterocycles. The van der Waals surface area contributed by atoms with Crippen molar-refractivity contribution in [3.63, 3.8) is 0 Å². The van der Waals surface area contributed by atoms with Crippen LogP contribution in [0.5, 0.6) is 0 Å². The fourth-order valence-corrected chi connectivity index (χ4v) is 3.52. The third-order valence-corrected chi connectivity index (χ3v) is 4.90. The summed E-state index contributed by atoms with van der Waals surface area (Å²) in [5.74, 6) is -0.187. The third-order valence-electron chi connectivity index (χ3n) is 4.58. The number of nitrogens with zero attached hydrogens (tertiary/aromatic N) is 3. The Balaban J connectivity index is 1.83. The molecule has 0 amide bonds. The van der Waals surface area contributed by atoms with Gasteiger partial charge >= 0.3 is 5.69 Å². The molecule has 0 saturated heterocycles. The van der Waals surface area contributed by atoms with E-state index in [1.807, 2.05) is 0 Å². The maximum absolute atomic E-state index is 13.4. The van der Waals surface area contributed by atoms with E-state index >= 15 is 0 Å². The van der Waals surface area contributed by atoms with E-state index in [9.17, 15) is 19.3 Å². The molecule has 0 atom stereocenters. The van der Waals surface area contributed by atoms with Crippen molar-refractivity contribution in [2.45, 2.75) is 19.4 Å². The predicted octanol–water partition coefficient (Wildman–Crippen LogP) is 3.50. The van der Waals surface area contributed by atoms with Crippen LogP contribution in [0.25, 0.3) is 10.9 Å². The summed E-state index contributed by atoms with van der Waals surface area (Å²) in [4.78, 5) is 27.9. The lowest BCUT2D eigenvalue weighted by molar-refractivity contribution is -0.384. The summed E-state index contributed by atoms with van der Waals surface area (Å²) in [5, 5.41) is 15.2. The van der Waals surface area contributed by atoms with Gasteiger partial charge in [0, 0.05) is 42.6 Å². The van der Waals surface area contributed by atoms with Crippen LogP contribution in [0.1, 0.15) is 17.5 Å². The number of benzene rings is 1. The van der Waals surface area contributed by atoms with E-state index in [1.54, 1.807) is 12.1 Å². The van der Waals surface area contributed by atoms with Crippen LogP contribution in [0.15, 0.2) is 35.1 Å². The molecule has 9 heteroatoms. The fourth-order valence-electron chi connectivity index (χ4n) is 3.31. The van der Waals surface area contributed by atoms with Gasteiger partial charge in [-0.1, -0.05) is 11.6 Å². The number of hydrogen-bond acceptors (Lipinski definition) is 5. The standard InChI is InChI=1S/C18H14ClFN4O3/c19-16-11(6-10-2-3-13(20)9-14(10)22-16)7-12-8-15(24(26)27)17-21-4-1-5-23(17)18(12)25/h2-3,6,8-9,21H,1,4-5,7H2. The highest BCUT2D eigenvalue weighted by Gasteiger charge is 2.25. The van der Waals surface area contributed by atoms with Crippen LogP contribution in [0.4, 0.5) is 15.9 Å². The predicted molar refractivity (Wildman–Crippen MR) is 100.0 cm³/mol. The monoisotopic (exact) mass is 388 g/mol. The molecule has 1 aromatic carbocycles. The number of nitrogens with one attached hydrogen (secondary N) is 1. The van der Waals surface area contributed by atoms with Gasteiger partial charge in [-0.15, -0.1) is 0 Å². The molecule has 2 aromatic heterocycles. The molecular weight excluding hydrogens is 375 g/mol. The minimum absolute atomic E-state index is 0.0963. The molecule has 0 radical (unpaired) electrons. The number of nitro groups is 1. The van der Waals surface area contributed by atoms with Gasteiger partial charge in [0.25, 0.3) is 5.56 Å². The zero-order valence-electron chi connectivity index (χ0n) is 14.0. The summed E-state index contributed by atoms with van der Waals surface area (Å²) in [6.45, 7) is 0.995. The Hall–Kier alpha value is -3.00. The van der Waals surface area contributed by atoms with Crippen molar-refractivity contribution >= 4 is 34.0 Å². The van der Waals surface area contributed by atoms with Crippen molar-refractivity contribution in [1.29, 1.82) is 0 Å². The van der Waals surface area contributed by atoms with E-state index in [0.29, 0.717) is 36.0 Å². The van der Waals surface area contributed by atoms with Crippen LogP contribution in [0.2, 0.25) is 5.15 Å². The first-order chi connectivity index (χ1) is 12.9. The molecule has 4 rings (SSSR count). The fraction of sp³-hybridized carbons (Fsp3) is 0.222. The van der Waals surface area contributed by atoms with Crippen LogP contribution >= 0.6 is 11.6 Å². The highest BCUT2D eigenvalue weighted by atomic mass is 35.5. The SMILES string of the molecule is O=c1c(Cc2cc3ccc(F)cc3nc2Cl)cc([N+](=O)[O-])c2n1CCCN2. The molecule has 0 aliphatic carbocycles. The van der Waals surface area contributed by atoms with Crippen molar-refractivity contribution in [1.82, 2.24) is 9.55 Å². The Kier molecular flexibility index (Phi) is 4.27. The Labute approximate surface area is 157 Å². The topological polar surface area (TPSA) is 90.1 Å². The van der Waals surface area contributed by atoms with Crippen molar-refractivity contribution in [2.75, 3.05) is 11.9 Å². The van der Waals surface area contributed by atoms with Gasteiger partial charge in [-0.3, -0.25) is 19.5 Å². The zero-order chi connectivity index (χ0) is 19.1. The van der Waals surface area contributed by atoms with Crippen molar-refractivity contribution in [3.8, 4) is 0 Å². The maximum atomic E-state index is 13.4. The van der Waals surface area contributed by atoms with E-state index in [0.717, 1.165) is 0 Å². The number of anilines is 1. The second kappa shape index (κ2) is 6.62. The number of fused-ring (bicyclic) bond motifs is 2. The summed E-state index contributed by atoms with van der Waals surface area (Å²) in [5.41, 5.74) is 0.779. The molecule has 0 bridgehead atoms. The highest BCUT2D eigenvalue weighted by molar-refractivity contribution is 6.30. The molecule has 0 spiro atoms. The van der Waals surface area contributed by atoms with Gasteiger partial charge in [0.15, 0.2) is 5.82 Å². The van der Waals surface area contributed by atoms with Gasteiger partial charge in [0.2, 0.25) is 0 Å². The lowest BCUT2D eigenvalue weighted by atomic mass is 10.0. The number of aromatic nitrogens is 2. The molecular formula is C18H14ClFN4O3. The molecule has 1 aliphatic heterocycles. The summed E-state index contributed by atoms with van der Waals surface area (Å²) in [6.07, 6.45) is 0.802. The molecule has 7 nitrogen and oxygen atoms in total. The molecule has 0 saturated carbocycles. The van der Waals surface area contributed by atoms with E-state index in [4.69, 9.17) is 11.6 Å². The first-order valence-electron chi connectivity index (χ1n) is 8.33. The number of halogens is 2. The van der Waals surface area contributed by atoms with Gasteiger partial charge in [0.1, 0.15) is 11.0 Å². The van der Waals surface area contributed by atoms with Crippen LogP contribution in [0.3, 0.4) is 0 Å². The molecule has 1 aliphatic rings. The summed E-state index contributed by atoms with van der Waals surface area (Å²) >= 11 is 6.21. The van der Waals surface area contributed by atoms with Crippen LogP contribution in [-0.4, -0.2) is 21.0 Å². The summed E-state index contributed by atoms with van der Waals surface area (Å²) in [6, 6.07) is 7.17. The van der Waals surface area contributed by atoms with Crippen LogP contribution < -0.4 is 10.9 Å². The van der Waals surface area contributed by atoms with E-state index in [2.05, 4.69) is 10.3 Å². The van der Waals surface area contributed by atoms with Crippen LogP contribution in [-0.2, 0) is 13.0 Å². The van der Waals surface area contributed by atoms with Gasteiger partial charge in [0.05, 0.1) is 10.4 Å². The summed E-state index contributed by atoms with van der Waals surface area (Å²) < 4.78 is 14.7. The Bertz CT molecular complexity index is 1150. The first-order valence-corrected chi connectivity index (χ1v) is 8.71. The molecule has 27 heavy (non-hydrogen) atoms. The zero-order valence-corrected chi connectivity index (χ0v) is 14.8. The average Bonchev–Trinajstić information content (AvgIpc) is 2.64. The lowest BCUT2D eigenvalue weighted by Gasteiger charge is -2.20. The van der Waals surface area contributed by atoms with Crippen LogP contribution in [0, 0.1) is 15.9 Å². The Morgan fingerprint density at radius 1 is 1.30 bits per heavy atom. The van der Waals surface area contributed by atoms with E-state index in [1.165, 1.54) is 22.8 Å². The second-order valence-electron chi connectivity index (χ2n) is 6.35. The molecule has 0 fully saturated rings. The quantitative estimate of drug-likeness (QED) is 0.421. The van der Waals surface area contributed by atoms with Crippen molar-refractivity contribution in [2.24, 2.45) is 0 Å². The van der Waals surface area contributed by atoms with Crippen molar-refractivity contribution < 1.29 is 9.31 Å². The largest absolute Gasteiger partial charge is 0.366 e. The third kappa shape index (κ3) is 3.12. The number of rotatable bonds is 3. The maximum Gasteiger partial charge on any atom is 0.310 e. The normalized spacial score (nSPS) is 13.3. The van der Waals surface area contributed by atoms with Gasteiger partial charge in [-0.05, 0) is 30.2 Å². The van der Waals surface area contributed by atoms with E-state index < -0.39 is 10.7 Å². The highest BCUT2D eigenvalue weighted by Crippen LogP contribution is 2.28. The Morgan fingerprint density at radius 3 is 2.89 bits per heavy atom. The number of pyridine rings is 2. The number of hydrogen-bond donors (Lipinski definition) is 1. The first kappa shape index (κ1) is 17.4. The Morgan fingerprint density at radius 2 is 2.11 bits per heavy atom. The molecule has 1 N–H and O–H groups in total. The lowest BCUT2D eigenvalue weighted by Crippen LogP contribution is -2.32. The second-order valence-corrected chi connectivity index (χ2v) is 6.71. The average molecular weight is 389 g/mol. The minimum atomic E-state index is -0.504. The molecule has 138 valence electrons. The van der Waals surface area contributed by atoms with E-state index in [-0.39, 0.29) is 34.2 Å². The van der Waals surface area contributed by atoms with Crippen molar-refractivity contribution in [3.05, 3.63) is 72.9 Å². The van der Waals surface area contributed by atoms with Gasteiger partial charge < -0.3 is 5.32 Å². The van der Waals surface area contributed by atoms with Gasteiger partial charge in [-0.25, -0.2) is 9.37 Å². The molecule has 3 aromatic rings.